The Kier molecular flexibility index (Phi) is 12.7. The average molecular weight is 539 g/mol. The van der Waals surface area contributed by atoms with E-state index in [2.05, 4.69) is 41.1 Å². The van der Waals surface area contributed by atoms with E-state index in [0.717, 1.165) is 23.9 Å². The molecule has 0 bridgehead atoms. The average Bonchev–Trinajstić information content (AvgIpc) is 2.95. The van der Waals surface area contributed by atoms with Crippen molar-refractivity contribution in [1.29, 1.82) is 0 Å². The second-order valence-electron chi connectivity index (χ2n) is 10.0. The van der Waals surface area contributed by atoms with E-state index in [-0.39, 0.29) is 5.97 Å². The first-order chi connectivity index (χ1) is 18.5. The number of hydrogen-bond donors (Lipinski definition) is 0. The molecule has 2 aromatic carbocycles. The summed E-state index contributed by atoms with van der Waals surface area (Å²) < 4.78 is 22.7. The number of unbranched alkanes of at least 4 members (excludes halogenated alkanes) is 1. The monoisotopic (exact) mass is 538 g/mol. The van der Waals surface area contributed by atoms with Crippen LogP contribution < -0.4 is 0 Å². The molecule has 1 aliphatic carbocycles. The van der Waals surface area contributed by atoms with Gasteiger partial charge in [0.15, 0.2) is 0 Å². The van der Waals surface area contributed by atoms with Crippen LogP contribution in [0.25, 0.3) is 17.2 Å². The maximum absolute atomic E-state index is 11.3. The van der Waals surface area contributed by atoms with Crippen molar-refractivity contribution in [1.82, 2.24) is 0 Å². The summed E-state index contributed by atoms with van der Waals surface area (Å²) in [5.74, 6) is 1.16. The second-order valence-corrected chi connectivity index (χ2v) is 12.8. The van der Waals surface area contributed by atoms with Crippen LogP contribution in [0.15, 0.2) is 54.6 Å². The zero-order valence-corrected chi connectivity index (χ0v) is 24.7. The third-order valence-electron chi connectivity index (χ3n) is 7.52. The largest absolute Gasteiger partial charge is 0.500 e. The molecule has 0 radical (unpaired) electrons. The Hall–Kier alpha value is -2.25. The van der Waals surface area contributed by atoms with Gasteiger partial charge >= 0.3 is 14.8 Å². The van der Waals surface area contributed by atoms with Crippen molar-refractivity contribution in [3.8, 4) is 11.1 Å². The molecule has 0 amide bonds. The van der Waals surface area contributed by atoms with E-state index in [4.69, 9.17) is 13.3 Å². The number of benzene rings is 2. The molecule has 0 aliphatic heterocycles. The summed E-state index contributed by atoms with van der Waals surface area (Å²) in [6.07, 6.45) is 12.0. The first-order valence-corrected chi connectivity index (χ1v) is 16.3. The Bertz CT molecular complexity index is 961. The van der Waals surface area contributed by atoms with Gasteiger partial charge in [-0.15, -0.1) is 0 Å². The molecule has 6 heteroatoms. The quantitative estimate of drug-likeness (QED) is 0.0994. The van der Waals surface area contributed by atoms with Crippen LogP contribution >= 0.6 is 0 Å². The van der Waals surface area contributed by atoms with E-state index in [0.29, 0.717) is 25.7 Å². The van der Waals surface area contributed by atoms with E-state index in [1.165, 1.54) is 68.4 Å². The van der Waals surface area contributed by atoms with Crippen LogP contribution in [0.1, 0.15) is 82.8 Å². The molecule has 0 atom stereocenters. The van der Waals surface area contributed by atoms with Gasteiger partial charge < -0.3 is 18.0 Å². The summed E-state index contributed by atoms with van der Waals surface area (Å²) in [4.78, 5) is 11.3. The van der Waals surface area contributed by atoms with Gasteiger partial charge in [0, 0.05) is 31.9 Å². The van der Waals surface area contributed by atoms with Crippen molar-refractivity contribution in [3.05, 3.63) is 65.7 Å². The topological polar surface area (TPSA) is 54.0 Å². The fourth-order valence-corrected chi connectivity index (χ4v) is 8.21. The number of rotatable bonds is 15. The highest BCUT2D eigenvalue weighted by atomic mass is 28.4. The maximum atomic E-state index is 11.3. The van der Waals surface area contributed by atoms with Crippen molar-refractivity contribution >= 4 is 20.8 Å². The molecule has 1 saturated carbocycles. The van der Waals surface area contributed by atoms with Crippen LogP contribution in [-0.2, 0) is 22.8 Å². The molecule has 0 unspecified atom stereocenters. The molecule has 0 saturated heterocycles. The molecule has 1 fully saturated rings. The zero-order chi connectivity index (χ0) is 27.2. The van der Waals surface area contributed by atoms with Crippen molar-refractivity contribution in [2.24, 2.45) is 5.92 Å². The lowest BCUT2D eigenvalue weighted by Crippen LogP contribution is -2.45. The third-order valence-corrected chi connectivity index (χ3v) is 10.7. The second kappa shape index (κ2) is 16.0. The Balaban J connectivity index is 1.44. The number of hydrogen-bond acceptors (Lipinski definition) is 5. The number of esters is 1. The Morgan fingerprint density at radius 1 is 0.816 bits per heavy atom. The van der Waals surface area contributed by atoms with E-state index < -0.39 is 8.80 Å². The van der Waals surface area contributed by atoms with Crippen LogP contribution in [0.5, 0.6) is 0 Å². The minimum absolute atomic E-state index is 0.344. The standard InChI is InChI=1S/C32H46O5Si/c1-5-35-38(36-6-2,37-7-3)25-9-8-10-26-11-16-28(17-12-26)30-20-22-31(23-21-30)29-18-13-27(14-19-29)15-24-32(33)34-4/h13-15,18-24,26,28H,5-12,16-17,25H2,1-4H3. The summed E-state index contributed by atoms with van der Waals surface area (Å²) in [6, 6.07) is 18.3. The van der Waals surface area contributed by atoms with Crippen LogP contribution in [-0.4, -0.2) is 41.7 Å². The van der Waals surface area contributed by atoms with Gasteiger partial charge in [0.25, 0.3) is 0 Å². The molecule has 208 valence electrons. The molecule has 0 N–H and O–H groups in total. The summed E-state index contributed by atoms with van der Waals surface area (Å²) >= 11 is 0. The zero-order valence-electron chi connectivity index (χ0n) is 23.7. The van der Waals surface area contributed by atoms with Crippen LogP contribution in [0, 0.1) is 5.92 Å². The van der Waals surface area contributed by atoms with E-state index in [1.54, 1.807) is 6.08 Å². The highest BCUT2D eigenvalue weighted by Crippen LogP contribution is 2.38. The van der Waals surface area contributed by atoms with E-state index >= 15 is 0 Å². The first-order valence-electron chi connectivity index (χ1n) is 14.4. The van der Waals surface area contributed by atoms with Gasteiger partial charge in [-0.05, 0) is 93.0 Å². The molecule has 0 heterocycles. The molecule has 0 aromatic heterocycles. The predicted molar refractivity (Wildman–Crippen MR) is 157 cm³/mol. The number of carbonyl (C=O) groups excluding carboxylic acids is 1. The molecule has 2 aromatic rings. The lowest BCUT2D eigenvalue weighted by atomic mass is 9.77. The van der Waals surface area contributed by atoms with Gasteiger partial charge in [-0.25, -0.2) is 4.79 Å². The molecular formula is C32H46O5Si. The minimum atomic E-state index is -2.50. The van der Waals surface area contributed by atoms with Crippen molar-refractivity contribution < 1.29 is 22.8 Å². The number of methoxy groups -OCH3 is 1. The SMILES string of the molecule is CCO[Si](CCCCC1CCC(c2ccc(-c3ccc(C=CC(=O)OC)cc3)cc2)CC1)(OCC)OCC. The van der Waals surface area contributed by atoms with Crippen LogP contribution in [0.4, 0.5) is 0 Å². The highest BCUT2D eigenvalue weighted by Gasteiger charge is 2.39. The Morgan fingerprint density at radius 3 is 1.89 bits per heavy atom. The van der Waals surface area contributed by atoms with Crippen LogP contribution in [0.2, 0.25) is 6.04 Å². The van der Waals surface area contributed by atoms with Crippen molar-refractivity contribution in [3.63, 3.8) is 0 Å². The summed E-state index contributed by atoms with van der Waals surface area (Å²) in [5.41, 5.74) is 4.84. The fourth-order valence-electron chi connectivity index (χ4n) is 5.53. The molecule has 3 rings (SSSR count). The lowest BCUT2D eigenvalue weighted by Gasteiger charge is -2.30. The van der Waals surface area contributed by atoms with Crippen LogP contribution in [0.3, 0.4) is 0 Å². The minimum Gasteiger partial charge on any atom is -0.466 e. The van der Waals surface area contributed by atoms with E-state index in [9.17, 15) is 4.79 Å². The van der Waals surface area contributed by atoms with Crippen molar-refractivity contribution in [2.45, 2.75) is 77.7 Å². The number of ether oxygens (including phenoxy) is 1. The summed E-state index contributed by atoms with van der Waals surface area (Å²) in [5, 5.41) is 0. The normalized spacial score (nSPS) is 18.1. The highest BCUT2D eigenvalue weighted by molar-refractivity contribution is 6.60. The molecular weight excluding hydrogens is 492 g/mol. The summed E-state index contributed by atoms with van der Waals surface area (Å²) in [6.45, 7) is 8.03. The Labute approximate surface area is 230 Å². The molecule has 1 aliphatic rings. The van der Waals surface area contributed by atoms with Gasteiger partial charge in [0.2, 0.25) is 0 Å². The molecule has 38 heavy (non-hydrogen) atoms. The molecule has 5 nitrogen and oxygen atoms in total. The smallest absolute Gasteiger partial charge is 0.466 e. The summed E-state index contributed by atoms with van der Waals surface area (Å²) in [7, 11) is -1.11. The fraction of sp³-hybridized carbons (Fsp3) is 0.531. The Morgan fingerprint density at radius 2 is 1.37 bits per heavy atom. The van der Waals surface area contributed by atoms with Gasteiger partial charge in [0.1, 0.15) is 0 Å². The molecule has 0 spiro atoms. The van der Waals surface area contributed by atoms with Gasteiger partial charge in [-0.1, -0.05) is 61.4 Å². The predicted octanol–water partition coefficient (Wildman–Crippen LogP) is 8.03. The van der Waals surface area contributed by atoms with Crippen molar-refractivity contribution in [2.75, 3.05) is 26.9 Å². The first kappa shape index (κ1) is 30.3. The van der Waals surface area contributed by atoms with Gasteiger partial charge in [-0.2, -0.15) is 0 Å². The van der Waals surface area contributed by atoms with Gasteiger partial charge in [0.05, 0.1) is 7.11 Å². The number of carbonyl (C=O) groups is 1. The van der Waals surface area contributed by atoms with Gasteiger partial charge in [-0.3, -0.25) is 0 Å². The maximum Gasteiger partial charge on any atom is 0.500 e. The third kappa shape index (κ3) is 9.19. The van der Waals surface area contributed by atoms with E-state index in [1.807, 2.05) is 32.9 Å². The lowest BCUT2D eigenvalue weighted by molar-refractivity contribution is -0.134.